The normalized spacial score (nSPS) is 17.3. The van der Waals surface area contributed by atoms with Crippen LogP contribution in [0.4, 0.5) is 0 Å². The first-order valence-electron chi connectivity index (χ1n) is 15.9. The van der Waals surface area contributed by atoms with Crippen molar-refractivity contribution in [2.45, 2.75) is 83.4 Å². The highest BCUT2D eigenvalue weighted by molar-refractivity contribution is 5.96. The van der Waals surface area contributed by atoms with Gasteiger partial charge in [-0.2, -0.15) is 0 Å². The number of carbonyl (C=O) groups excluding carboxylic acids is 4. The maximum atomic E-state index is 14.1. The minimum absolute atomic E-state index is 0.118. The predicted octanol–water partition coefficient (Wildman–Crippen LogP) is 4.26. The van der Waals surface area contributed by atoms with E-state index in [0.29, 0.717) is 50.8 Å². The number of unbranched alkanes of at least 4 members (excludes halogenated alkanes) is 1. The molecule has 2 unspecified atom stereocenters. The van der Waals surface area contributed by atoms with E-state index in [9.17, 15) is 19.2 Å². The second kappa shape index (κ2) is 15.2. The Labute approximate surface area is 265 Å². The van der Waals surface area contributed by atoms with Crippen molar-refractivity contribution in [3.8, 4) is 0 Å². The van der Waals surface area contributed by atoms with Crippen LogP contribution >= 0.6 is 0 Å². The molecular weight excluding hydrogens is 570 g/mol. The fraction of sp³-hybridized carbons (Fsp3) is 0.486. The number of aromatic nitrogens is 1. The summed E-state index contributed by atoms with van der Waals surface area (Å²) in [6.45, 7) is 8.52. The number of benzene rings is 2. The number of esters is 1. The number of fused-ring (bicyclic) bond motifs is 1. The fourth-order valence-corrected chi connectivity index (χ4v) is 5.85. The van der Waals surface area contributed by atoms with Crippen LogP contribution in [0.15, 0.2) is 60.8 Å². The van der Waals surface area contributed by atoms with Crippen LogP contribution < -0.4 is 16.4 Å². The van der Waals surface area contributed by atoms with Crippen molar-refractivity contribution in [3.05, 3.63) is 71.9 Å². The van der Waals surface area contributed by atoms with E-state index >= 15 is 0 Å². The number of piperidine rings is 1. The second-order valence-electron chi connectivity index (χ2n) is 12.9. The number of rotatable bonds is 12. The Balaban J connectivity index is 1.57. The molecule has 1 aromatic heterocycles. The second-order valence-corrected chi connectivity index (χ2v) is 12.9. The molecule has 4 atom stereocenters. The van der Waals surface area contributed by atoms with Crippen molar-refractivity contribution >= 4 is 34.6 Å². The average Bonchev–Trinajstić information content (AvgIpc) is 3.46. The van der Waals surface area contributed by atoms with Crippen LogP contribution in [-0.4, -0.2) is 70.9 Å². The Kier molecular flexibility index (Phi) is 11.4. The highest BCUT2D eigenvalue weighted by atomic mass is 16.6. The van der Waals surface area contributed by atoms with Crippen LogP contribution in [0.3, 0.4) is 0 Å². The molecule has 0 aliphatic carbocycles. The zero-order valence-electron chi connectivity index (χ0n) is 26.8. The number of nitrogens with one attached hydrogen (secondary N) is 3. The summed E-state index contributed by atoms with van der Waals surface area (Å²) in [7, 11) is 0. The van der Waals surface area contributed by atoms with Gasteiger partial charge in [-0.05, 0) is 83.2 Å². The number of hydrogen-bond acceptors (Lipinski definition) is 6. The number of amides is 3. The quantitative estimate of drug-likeness (QED) is 0.176. The topological polar surface area (TPSA) is 147 Å². The van der Waals surface area contributed by atoms with E-state index in [-0.39, 0.29) is 18.4 Å². The monoisotopic (exact) mass is 617 g/mol. The summed E-state index contributed by atoms with van der Waals surface area (Å²) in [6.07, 6.45) is 4.81. The number of aromatic amines is 1. The van der Waals surface area contributed by atoms with Gasteiger partial charge < -0.3 is 31.0 Å². The van der Waals surface area contributed by atoms with E-state index in [0.717, 1.165) is 16.5 Å². The molecule has 3 aromatic rings. The van der Waals surface area contributed by atoms with Gasteiger partial charge >= 0.3 is 5.97 Å². The van der Waals surface area contributed by atoms with Crippen molar-refractivity contribution in [2.24, 2.45) is 11.7 Å². The van der Waals surface area contributed by atoms with Crippen molar-refractivity contribution < 1.29 is 23.9 Å². The standard InChI is InChI=1S/C35H47N5O5/c1-23(27-21-37-28-17-9-8-16-26(27)28)30(32(42)38-29(18-10-11-19-36)34(44)45-35(2,3)4)39-31(41)25-15-12-20-40(22-25)33(43)24-13-6-5-7-14-24/h5-9,13-14,16-17,21,23,25,29-30,37H,10-12,15,18-20,22,36H2,1-4H3,(H,38,42)(H,39,41)/t23-,25?,29?,30+/m0/s1. The number of ether oxygens (including phenoxy) is 1. The Morgan fingerprint density at radius 3 is 2.44 bits per heavy atom. The zero-order chi connectivity index (χ0) is 32.6. The molecule has 0 radical (unpaired) electrons. The van der Waals surface area contributed by atoms with Gasteiger partial charge in [0.25, 0.3) is 5.91 Å². The highest BCUT2D eigenvalue weighted by Crippen LogP contribution is 2.29. The van der Waals surface area contributed by atoms with Crippen LogP contribution in [0.25, 0.3) is 10.9 Å². The molecule has 2 aromatic carbocycles. The fourth-order valence-electron chi connectivity index (χ4n) is 5.85. The minimum Gasteiger partial charge on any atom is -0.458 e. The molecule has 4 rings (SSSR count). The van der Waals surface area contributed by atoms with Gasteiger partial charge in [-0.25, -0.2) is 4.79 Å². The summed E-state index contributed by atoms with van der Waals surface area (Å²) in [6, 6.07) is 14.9. The number of likely N-dealkylation sites (tertiary alicyclic amines) is 1. The van der Waals surface area contributed by atoms with Crippen molar-refractivity contribution in [3.63, 3.8) is 0 Å². The summed E-state index contributed by atoms with van der Waals surface area (Å²) >= 11 is 0. The Bertz CT molecular complexity index is 1460. The number of H-pyrrole nitrogens is 1. The molecule has 1 saturated heterocycles. The van der Waals surface area contributed by atoms with Crippen LogP contribution in [0.1, 0.15) is 81.6 Å². The molecule has 1 aliphatic heterocycles. The van der Waals surface area contributed by atoms with E-state index in [1.54, 1.807) is 37.8 Å². The number of nitrogens with two attached hydrogens (primary N) is 1. The Hall–Kier alpha value is -4.18. The lowest BCUT2D eigenvalue weighted by molar-refractivity contribution is -0.159. The minimum atomic E-state index is -0.989. The smallest absolute Gasteiger partial charge is 0.329 e. The van der Waals surface area contributed by atoms with Crippen molar-refractivity contribution in [1.29, 1.82) is 0 Å². The first-order chi connectivity index (χ1) is 21.5. The van der Waals surface area contributed by atoms with Gasteiger partial charge in [0.05, 0.1) is 5.92 Å². The molecule has 0 bridgehead atoms. The lowest BCUT2D eigenvalue weighted by Gasteiger charge is -2.34. The number of para-hydroxylation sites is 1. The zero-order valence-corrected chi connectivity index (χ0v) is 26.8. The van der Waals surface area contributed by atoms with Gasteiger partial charge in [-0.1, -0.05) is 43.3 Å². The molecular formula is C35H47N5O5. The summed E-state index contributed by atoms with van der Waals surface area (Å²) in [5.74, 6) is -2.35. The first-order valence-corrected chi connectivity index (χ1v) is 15.9. The van der Waals surface area contributed by atoms with Crippen molar-refractivity contribution in [2.75, 3.05) is 19.6 Å². The molecule has 10 heteroatoms. The predicted molar refractivity (Wildman–Crippen MR) is 174 cm³/mol. The third-order valence-corrected chi connectivity index (χ3v) is 8.25. The lowest BCUT2D eigenvalue weighted by atomic mass is 9.90. The summed E-state index contributed by atoms with van der Waals surface area (Å²) in [5.41, 5.74) is 7.32. The molecule has 5 N–H and O–H groups in total. The Morgan fingerprint density at radius 1 is 1.02 bits per heavy atom. The molecule has 3 amide bonds. The average molecular weight is 618 g/mol. The molecule has 1 aliphatic rings. The van der Waals surface area contributed by atoms with Crippen LogP contribution in [-0.2, 0) is 19.1 Å². The molecule has 45 heavy (non-hydrogen) atoms. The van der Waals surface area contributed by atoms with E-state index in [1.165, 1.54) is 0 Å². The highest BCUT2D eigenvalue weighted by Gasteiger charge is 2.36. The maximum Gasteiger partial charge on any atom is 0.329 e. The first kappa shape index (κ1) is 33.7. The molecule has 0 spiro atoms. The number of nitrogens with zero attached hydrogens (tertiary/aromatic N) is 1. The van der Waals surface area contributed by atoms with E-state index in [1.807, 2.05) is 55.6 Å². The van der Waals surface area contributed by atoms with Gasteiger partial charge in [0, 0.05) is 41.7 Å². The number of hydrogen-bond donors (Lipinski definition) is 4. The van der Waals surface area contributed by atoms with E-state index < -0.39 is 41.4 Å². The van der Waals surface area contributed by atoms with Crippen molar-refractivity contribution in [1.82, 2.24) is 20.5 Å². The summed E-state index contributed by atoms with van der Waals surface area (Å²) < 4.78 is 5.63. The summed E-state index contributed by atoms with van der Waals surface area (Å²) in [4.78, 5) is 59.2. The summed E-state index contributed by atoms with van der Waals surface area (Å²) in [5, 5.41) is 6.87. The molecule has 2 heterocycles. The lowest BCUT2D eigenvalue weighted by Crippen LogP contribution is -2.56. The molecule has 1 fully saturated rings. The third kappa shape index (κ3) is 8.94. The number of carbonyl (C=O) groups is 4. The SMILES string of the molecule is C[C@@H](c1c[nH]c2ccccc12)[C@@H](NC(=O)C1CCCN(C(=O)c2ccccc2)C1)C(=O)NC(CCCCN)C(=O)OC(C)(C)C. The van der Waals surface area contributed by atoms with Gasteiger partial charge in [-0.3, -0.25) is 14.4 Å². The Morgan fingerprint density at radius 2 is 1.73 bits per heavy atom. The molecule has 10 nitrogen and oxygen atoms in total. The third-order valence-electron chi connectivity index (χ3n) is 8.25. The van der Waals surface area contributed by atoms with Crippen LogP contribution in [0.5, 0.6) is 0 Å². The largest absolute Gasteiger partial charge is 0.458 e. The van der Waals surface area contributed by atoms with Gasteiger partial charge in [0.2, 0.25) is 11.8 Å². The van der Waals surface area contributed by atoms with E-state index in [2.05, 4.69) is 15.6 Å². The van der Waals surface area contributed by atoms with E-state index in [4.69, 9.17) is 10.5 Å². The molecule has 0 saturated carbocycles. The van der Waals surface area contributed by atoms with Gasteiger partial charge in [-0.15, -0.1) is 0 Å². The maximum absolute atomic E-state index is 14.1. The van der Waals surface area contributed by atoms with Crippen LogP contribution in [0.2, 0.25) is 0 Å². The van der Waals surface area contributed by atoms with Gasteiger partial charge in [0.1, 0.15) is 17.7 Å². The van der Waals surface area contributed by atoms with Crippen LogP contribution in [0, 0.1) is 5.92 Å². The molecule has 242 valence electrons. The van der Waals surface area contributed by atoms with Gasteiger partial charge in [0.15, 0.2) is 0 Å².